The van der Waals surface area contributed by atoms with Crippen LogP contribution >= 0.6 is 0 Å². The van der Waals surface area contributed by atoms with Crippen LogP contribution in [0.2, 0.25) is 0 Å². The molecule has 1 radical (unpaired) electrons. The van der Waals surface area contributed by atoms with Gasteiger partial charge in [-0.3, -0.25) is 0 Å². The van der Waals surface area contributed by atoms with Gasteiger partial charge in [-0.25, -0.2) is 4.79 Å². The molecule has 3 N–H and O–H groups in total. The van der Waals surface area contributed by atoms with Crippen LogP contribution in [0.15, 0.2) is 11.5 Å². The first-order chi connectivity index (χ1) is 5.57. The summed E-state index contributed by atoms with van der Waals surface area (Å²) < 4.78 is 4.25. The van der Waals surface area contributed by atoms with Crippen molar-refractivity contribution in [2.75, 3.05) is 6.61 Å². The van der Waals surface area contributed by atoms with Gasteiger partial charge in [0.05, 0.1) is 6.61 Å². The second-order valence-corrected chi connectivity index (χ2v) is 2.29. The molecule has 0 aromatic rings. The monoisotopic (exact) mass is 231 g/mol. The summed E-state index contributed by atoms with van der Waals surface area (Å²) in [4.78, 5) is 10.5. The topological polar surface area (TPSA) is 110 Å². The molecule has 0 fully saturated rings. The Labute approximate surface area is 83.9 Å². The second-order valence-electron chi connectivity index (χ2n) is 2.29. The first kappa shape index (κ1) is 12.2. The molecular formula is C6H7FeO6. The van der Waals surface area contributed by atoms with Crippen molar-refractivity contribution in [1.29, 1.82) is 0 Å². The molecular weight excluding hydrogens is 224 g/mol. The molecule has 0 saturated heterocycles. The summed E-state index contributed by atoms with van der Waals surface area (Å²) >= 11 is 0. The molecule has 7 heteroatoms. The molecule has 0 unspecified atom stereocenters. The Morgan fingerprint density at radius 3 is 2.46 bits per heavy atom. The normalized spacial score (nSPS) is 23.8. The Kier molecular flexibility index (Phi) is 4.22. The first-order valence-electron chi connectivity index (χ1n) is 3.18. The van der Waals surface area contributed by atoms with Gasteiger partial charge in [-0.1, -0.05) is 0 Å². The van der Waals surface area contributed by atoms with E-state index in [4.69, 9.17) is 15.3 Å². The van der Waals surface area contributed by atoms with Crippen molar-refractivity contribution in [1.82, 2.24) is 0 Å². The number of carbonyl (C=O) groups is 1. The van der Waals surface area contributed by atoms with Crippen LogP contribution in [-0.4, -0.2) is 40.1 Å². The molecule has 0 aromatic carbocycles. The fourth-order valence-corrected chi connectivity index (χ4v) is 0.809. The standard InChI is InChI=1S/C6H8O6.Fe/c7-1-2(8)5-3(9)4(10)6(11)12-5;/h2,5,7-10H,1H2;/q;+1/p-1/t2-,5+;/m0./s1. The number of cyclic esters (lactones) is 1. The molecule has 0 bridgehead atoms. The average Bonchev–Trinajstić information content (AvgIpc) is 2.32. The Bertz CT molecular complexity index is 237. The summed E-state index contributed by atoms with van der Waals surface area (Å²) in [7, 11) is 0. The molecule has 1 aliphatic rings. The molecule has 0 amide bonds. The number of esters is 1. The van der Waals surface area contributed by atoms with Crippen molar-refractivity contribution in [3.63, 3.8) is 0 Å². The molecule has 75 valence electrons. The SMILES string of the molecule is O=C1O[C@H]([C@@H](O)CO)C([O-])=C1O.[Fe+]. The molecule has 1 rings (SSSR count). The minimum absolute atomic E-state index is 0. The van der Waals surface area contributed by atoms with Crippen LogP contribution in [0.1, 0.15) is 0 Å². The van der Waals surface area contributed by atoms with Crippen LogP contribution in [0, 0.1) is 0 Å². The maximum atomic E-state index is 10.8. The first-order valence-corrected chi connectivity index (χ1v) is 3.18. The van der Waals surface area contributed by atoms with Crippen molar-refractivity contribution in [3.8, 4) is 0 Å². The van der Waals surface area contributed by atoms with Gasteiger partial charge in [0.15, 0.2) is 5.76 Å². The summed E-state index contributed by atoms with van der Waals surface area (Å²) in [6.45, 7) is -0.711. The van der Waals surface area contributed by atoms with Crippen LogP contribution in [0.4, 0.5) is 0 Å². The maximum Gasteiger partial charge on any atom is 1.00 e. The zero-order chi connectivity index (χ0) is 9.30. The number of hydrogen-bond acceptors (Lipinski definition) is 6. The number of rotatable bonds is 2. The average molecular weight is 231 g/mol. The van der Waals surface area contributed by atoms with Gasteiger partial charge in [-0.2, -0.15) is 0 Å². The fourth-order valence-electron chi connectivity index (χ4n) is 0.809. The van der Waals surface area contributed by atoms with Crippen LogP contribution in [0.25, 0.3) is 0 Å². The van der Waals surface area contributed by atoms with E-state index in [0.29, 0.717) is 0 Å². The molecule has 0 spiro atoms. The van der Waals surface area contributed by atoms with Crippen molar-refractivity contribution in [2.24, 2.45) is 0 Å². The Balaban J connectivity index is 0.00000144. The zero-order valence-electron chi connectivity index (χ0n) is 6.28. The maximum absolute atomic E-state index is 10.8. The van der Waals surface area contributed by atoms with Gasteiger partial charge in [-0.05, 0) is 5.76 Å². The number of ether oxygens (including phenoxy) is 1. The van der Waals surface area contributed by atoms with Gasteiger partial charge >= 0.3 is 23.0 Å². The molecule has 0 aliphatic carbocycles. The molecule has 2 atom stereocenters. The molecule has 1 aliphatic heterocycles. The van der Waals surface area contributed by atoms with E-state index in [1.54, 1.807) is 0 Å². The minimum atomic E-state index is -1.48. The van der Waals surface area contributed by atoms with Crippen molar-refractivity contribution in [3.05, 3.63) is 11.5 Å². The van der Waals surface area contributed by atoms with E-state index < -0.39 is 36.3 Å². The number of aliphatic hydroxyl groups is 3. The van der Waals surface area contributed by atoms with Gasteiger partial charge in [0.1, 0.15) is 12.2 Å². The Hall–Kier alpha value is -0.751. The third-order valence-electron chi connectivity index (χ3n) is 1.46. The van der Waals surface area contributed by atoms with E-state index in [1.807, 2.05) is 0 Å². The van der Waals surface area contributed by atoms with E-state index in [1.165, 1.54) is 0 Å². The zero-order valence-corrected chi connectivity index (χ0v) is 7.39. The summed E-state index contributed by atoms with van der Waals surface area (Å²) in [5.41, 5.74) is 0. The van der Waals surface area contributed by atoms with Crippen LogP contribution < -0.4 is 5.11 Å². The third-order valence-corrected chi connectivity index (χ3v) is 1.46. The molecule has 0 saturated carbocycles. The van der Waals surface area contributed by atoms with Crippen molar-refractivity contribution >= 4 is 5.97 Å². The van der Waals surface area contributed by atoms with Gasteiger partial charge < -0.3 is 25.2 Å². The molecule has 6 nitrogen and oxygen atoms in total. The Morgan fingerprint density at radius 1 is 1.62 bits per heavy atom. The quantitative estimate of drug-likeness (QED) is 0.355. The van der Waals surface area contributed by atoms with Crippen molar-refractivity contribution < 1.29 is 47.0 Å². The van der Waals surface area contributed by atoms with E-state index in [9.17, 15) is 9.90 Å². The van der Waals surface area contributed by atoms with Gasteiger partial charge in [-0.15, -0.1) is 0 Å². The predicted octanol–water partition coefficient (Wildman–Crippen LogP) is -2.61. The van der Waals surface area contributed by atoms with Crippen LogP contribution in [-0.2, 0) is 26.6 Å². The number of hydrogen-bond donors (Lipinski definition) is 3. The smallest absolute Gasteiger partial charge is 0.870 e. The van der Waals surface area contributed by atoms with Crippen LogP contribution in [0.5, 0.6) is 0 Å². The summed E-state index contributed by atoms with van der Waals surface area (Å²) in [5.74, 6) is -3.20. The third kappa shape index (κ3) is 2.13. The van der Waals surface area contributed by atoms with E-state index in [0.717, 1.165) is 0 Å². The molecule has 13 heavy (non-hydrogen) atoms. The summed E-state index contributed by atoms with van der Waals surface area (Å²) in [5, 5.41) is 36.8. The van der Waals surface area contributed by atoms with Gasteiger partial charge in [0.25, 0.3) is 0 Å². The van der Waals surface area contributed by atoms with Crippen molar-refractivity contribution in [2.45, 2.75) is 12.2 Å². The molecule has 0 aromatic heterocycles. The molecule has 1 heterocycles. The summed E-state index contributed by atoms with van der Waals surface area (Å²) in [6, 6.07) is 0. The largest absolute Gasteiger partial charge is 1.00 e. The van der Waals surface area contributed by atoms with Gasteiger partial charge in [0, 0.05) is 0 Å². The van der Waals surface area contributed by atoms with Crippen LogP contribution in [0.3, 0.4) is 0 Å². The van der Waals surface area contributed by atoms with E-state index in [-0.39, 0.29) is 17.1 Å². The Morgan fingerprint density at radius 2 is 2.15 bits per heavy atom. The summed E-state index contributed by atoms with van der Waals surface area (Å²) in [6.07, 6.45) is -2.95. The predicted molar refractivity (Wildman–Crippen MR) is 32.6 cm³/mol. The second kappa shape index (κ2) is 4.48. The number of aliphatic hydroxyl groups excluding tert-OH is 3. The van der Waals surface area contributed by atoms with E-state index >= 15 is 0 Å². The minimum Gasteiger partial charge on any atom is -0.870 e. The fraction of sp³-hybridized carbons (Fsp3) is 0.500. The number of carbonyl (C=O) groups excluding carboxylic acids is 1. The van der Waals surface area contributed by atoms with Gasteiger partial charge in [0.2, 0.25) is 0 Å². The van der Waals surface area contributed by atoms with E-state index in [2.05, 4.69) is 4.74 Å².